The Kier molecular flexibility index (Phi) is 6.95. The highest BCUT2D eigenvalue weighted by Gasteiger charge is 2.43. The number of benzene rings is 3. The minimum Gasteiger partial charge on any atom is -0.478 e. The predicted molar refractivity (Wildman–Crippen MR) is 150 cm³/mol. The van der Waals surface area contributed by atoms with Gasteiger partial charge in [-0.1, -0.05) is 60.7 Å². The Bertz CT molecular complexity index is 1500. The van der Waals surface area contributed by atoms with E-state index < -0.39 is 5.97 Å². The van der Waals surface area contributed by atoms with Gasteiger partial charge in [0.2, 0.25) is 5.91 Å². The average Bonchev–Trinajstić information content (AvgIpc) is 3.78. The molecule has 3 aromatic carbocycles. The summed E-state index contributed by atoms with van der Waals surface area (Å²) in [7, 11) is 0. The van der Waals surface area contributed by atoms with E-state index in [1.165, 1.54) is 22.3 Å². The van der Waals surface area contributed by atoms with Gasteiger partial charge in [0.25, 0.3) is 0 Å². The van der Waals surface area contributed by atoms with Crippen LogP contribution < -0.4 is 5.32 Å². The number of carboxylic acid groups (broad SMARTS) is 1. The first-order valence-corrected chi connectivity index (χ1v) is 13.5. The van der Waals surface area contributed by atoms with Crippen LogP contribution in [0.25, 0.3) is 11.1 Å². The topological polar surface area (TPSA) is 82.5 Å². The third kappa shape index (κ3) is 5.47. The fraction of sp³-hybridized carbons (Fsp3) is 0.242. The van der Waals surface area contributed by atoms with Crippen molar-refractivity contribution in [3.8, 4) is 11.1 Å². The lowest BCUT2D eigenvalue weighted by molar-refractivity contribution is -0.122. The molecule has 2 N–H and O–H groups in total. The number of pyridine rings is 1. The summed E-state index contributed by atoms with van der Waals surface area (Å²) in [6.45, 7) is 2.94. The van der Waals surface area contributed by atoms with Crippen LogP contribution in [-0.4, -0.2) is 33.4 Å². The van der Waals surface area contributed by atoms with Crippen LogP contribution in [0.2, 0.25) is 0 Å². The highest BCUT2D eigenvalue weighted by molar-refractivity contribution is 5.89. The number of carbonyl (C=O) groups is 2. The van der Waals surface area contributed by atoms with E-state index in [0.29, 0.717) is 12.5 Å². The first kappa shape index (κ1) is 25.0. The van der Waals surface area contributed by atoms with Crippen LogP contribution in [0.15, 0.2) is 91.3 Å². The van der Waals surface area contributed by atoms with E-state index in [4.69, 9.17) is 0 Å². The van der Waals surface area contributed by atoms with Crippen molar-refractivity contribution in [1.82, 2.24) is 15.2 Å². The second-order valence-corrected chi connectivity index (χ2v) is 10.5. The lowest BCUT2D eigenvalue weighted by Gasteiger charge is -2.32. The van der Waals surface area contributed by atoms with Gasteiger partial charge in [0.1, 0.15) is 0 Å². The zero-order valence-corrected chi connectivity index (χ0v) is 21.7. The van der Waals surface area contributed by atoms with Gasteiger partial charge in [0.15, 0.2) is 0 Å². The van der Waals surface area contributed by atoms with Gasteiger partial charge in [-0.05, 0) is 75.9 Å². The van der Waals surface area contributed by atoms with Gasteiger partial charge in [-0.3, -0.25) is 14.7 Å². The number of nitrogens with zero attached hydrogens (tertiary/aromatic N) is 2. The first-order valence-electron chi connectivity index (χ1n) is 13.5. The predicted octanol–water partition coefficient (Wildman–Crippen LogP) is 5.43. The van der Waals surface area contributed by atoms with E-state index >= 15 is 0 Å². The van der Waals surface area contributed by atoms with Crippen molar-refractivity contribution in [3.63, 3.8) is 0 Å². The van der Waals surface area contributed by atoms with Gasteiger partial charge < -0.3 is 10.4 Å². The molecule has 6 nitrogen and oxygen atoms in total. The van der Waals surface area contributed by atoms with Crippen LogP contribution in [0.3, 0.4) is 0 Å². The SMILES string of the molecule is O=C(O)c1cccc(-c2ccc(CNC(=O)[C@@H]3C[C@H]3c3ccccc3)c3c2CCN(Cc2cccnc2)C3)c1. The quantitative estimate of drug-likeness (QED) is 0.326. The molecule has 196 valence electrons. The Labute approximate surface area is 228 Å². The second-order valence-electron chi connectivity index (χ2n) is 10.5. The lowest BCUT2D eigenvalue weighted by atomic mass is 9.87. The smallest absolute Gasteiger partial charge is 0.335 e. The maximum Gasteiger partial charge on any atom is 0.335 e. The largest absolute Gasteiger partial charge is 0.478 e. The molecule has 1 aliphatic carbocycles. The van der Waals surface area contributed by atoms with Gasteiger partial charge in [0.05, 0.1) is 5.56 Å². The van der Waals surface area contributed by atoms with Crippen molar-refractivity contribution in [2.45, 2.75) is 38.4 Å². The Morgan fingerprint density at radius 2 is 1.85 bits per heavy atom. The van der Waals surface area contributed by atoms with Crippen molar-refractivity contribution in [3.05, 3.63) is 125 Å². The number of rotatable bonds is 8. The summed E-state index contributed by atoms with van der Waals surface area (Å²) in [5, 5.41) is 12.7. The monoisotopic (exact) mass is 517 g/mol. The van der Waals surface area contributed by atoms with E-state index in [-0.39, 0.29) is 17.4 Å². The zero-order chi connectivity index (χ0) is 26.8. The molecule has 6 heteroatoms. The van der Waals surface area contributed by atoms with E-state index in [0.717, 1.165) is 49.2 Å². The van der Waals surface area contributed by atoms with Crippen LogP contribution >= 0.6 is 0 Å². The number of nitrogens with one attached hydrogen (secondary N) is 1. The zero-order valence-electron chi connectivity index (χ0n) is 21.7. The van der Waals surface area contributed by atoms with E-state index in [9.17, 15) is 14.7 Å². The fourth-order valence-electron chi connectivity index (χ4n) is 5.80. The van der Waals surface area contributed by atoms with Crippen molar-refractivity contribution in [1.29, 1.82) is 0 Å². The normalized spacial score (nSPS) is 18.3. The molecule has 0 bridgehead atoms. The maximum atomic E-state index is 13.0. The lowest BCUT2D eigenvalue weighted by Crippen LogP contribution is -2.32. The van der Waals surface area contributed by atoms with Crippen molar-refractivity contribution >= 4 is 11.9 Å². The molecule has 39 heavy (non-hydrogen) atoms. The molecule has 0 unspecified atom stereocenters. The van der Waals surface area contributed by atoms with Gasteiger partial charge in [0, 0.05) is 44.5 Å². The molecular formula is C33H31N3O3. The van der Waals surface area contributed by atoms with Crippen LogP contribution in [0.4, 0.5) is 0 Å². The second kappa shape index (κ2) is 10.8. The number of hydrogen-bond acceptors (Lipinski definition) is 4. The molecule has 2 atom stereocenters. The van der Waals surface area contributed by atoms with Crippen LogP contribution in [0, 0.1) is 5.92 Å². The molecule has 1 aliphatic heterocycles. The highest BCUT2D eigenvalue weighted by Crippen LogP contribution is 2.47. The third-order valence-corrected chi connectivity index (χ3v) is 7.95. The molecule has 1 aromatic heterocycles. The number of aromatic nitrogens is 1. The fourth-order valence-corrected chi connectivity index (χ4v) is 5.80. The van der Waals surface area contributed by atoms with Crippen molar-refractivity contribution in [2.24, 2.45) is 5.92 Å². The van der Waals surface area contributed by atoms with Crippen molar-refractivity contribution < 1.29 is 14.7 Å². The standard InChI is InChI=1S/C33H31N3O3/c37-32(30-17-29(30)23-7-2-1-3-8-23)35-19-26-11-12-27(24-9-4-10-25(16-24)33(38)39)28-13-15-36(21-31(26)28)20-22-6-5-14-34-18-22/h1-12,14,16,18,29-30H,13,15,17,19-21H2,(H,35,37)(H,38,39)/t29-,30+/m0/s1. The van der Waals surface area contributed by atoms with Crippen LogP contribution in [0.5, 0.6) is 0 Å². The van der Waals surface area contributed by atoms with Crippen LogP contribution in [0.1, 0.15) is 50.5 Å². The maximum absolute atomic E-state index is 13.0. The molecule has 1 amide bonds. The third-order valence-electron chi connectivity index (χ3n) is 7.95. The number of amides is 1. The number of carboxylic acids is 1. The van der Waals surface area contributed by atoms with Crippen LogP contribution in [-0.2, 0) is 30.8 Å². The molecule has 2 heterocycles. The minimum absolute atomic E-state index is 0.0309. The van der Waals surface area contributed by atoms with Gasteiger partial charge in [-0.15, -0.1) is 0 Å². The number of carbonyl (C=O) groups excluding carboxylic acids is 1. The molecule has 4 aromatic rings. The summed E-state index contributed by atoms with van der Waals surface area (Å²) < 4.78 is 0. The number of fused-ring (bicyclic) bond motifs is 1. The minimum atomic E-state index is -0.929. The highest BCUT2D eigenvalue weighted by atomic mass is 16.4. The molecule has 6 rings (SSSR count). The summed E-state index contributed by atoms with van der Waals surface area (Å²) in [4.78, 5) is 31.3. The Morgan fingerprint density at radius 1 is 0.974 bits per heavy atom. The molecular weight excluding hydrogens is 486 g/mol. The number of aromatic carboxylic acids is 1. The van der Waals surface area contributed by atoms with E-state index in [2.05, 4.69) is 45.5 Å². The molecule has 0 spiro atoms. The Hall–Kier alpha value is -4.29. The molecule has 1 fully saturated rings. The number of hydrogen-bond donors (Lipinski definition) is 2. The average molecular weight is 518 g/mol. The molecule has 0 radical (unpaired) electrons. The van der Waals surface area contributed by atoms with Gasteiger partial charge in [-0.2, -0.15) is 0 Å². The Balaban J connectivity index is 1.25. The Morgan fingerprint density at radius 3 is 2.64 bits per heavy atom. The van der Waals surface area contributed by atoms with E-state index in [1.54, 1.807) is 24.4 Å². The summed E-state index contributed by atoms with van der Waals surface area (Å²) in [5.74, 6) is -0.484. The molecule has 2 aliphatic rings. The summed E-state index contributed by atoms with van der Waals surface area (Å²) in [6, 6.07) is 25.6. The van der Waals surface area contributed by atoms with Gasteiger partial charge >= 0.3 is 5.97 Å². The summed E-state index contributed by atoms with van der Waals surface area (Å²) >= 11 is 0. The summed E-state index contributed by atoms with van der Waals surface area (Å²) in [5.41, 5.74) is 8.23. The van der Waals surface area contributed by atoms with Gasteiger partial charge in [-0.25, -0.2) is 4.79 Å². The summed E-state index contributed by atoms with van der Waals surface area (Å²) in [6.07, 6.45) is 5.44. The molecule has 0 saturated heterocycles. The molecule has 1 saturated carbocycles. The van der Waals surface area contributed by atoms with Crippen molar-refractivity contribution in [2.75, 3.05) is 6.54 Å². The first-order chi connectivity index (χ1) is 19.1. The van der Waals surface area contributed by atoms with E-state index in [1.807, 2.05) is 36.5 Å².